The number of ether oxygens (including phenoxy) is 1. The second-order valence-corrected chi connectivity index (χ2v) is 10.2. The van der Waals surface area contributed by atoms with Gasteiger partial charge < -0.3 is 30.5 Å². The van der Waals surface area contributed by atoms with Crippen LogP contribution in [-0.4, -0.2) is 74.9 Å². The lowest BCUT2D eigenvalue weighted by Crippen LogP contribution is -2.56. The maximum absolute atomic E-state index is 13.4. The molecule has 0 aromatic rings. The highest BCUT2D eigenvalue weighted by atomic mass is 16.6. The first-order valence-corrected chi connectivity index (χ1v) is 11.6. The van der Waals surface area contributed by atoms with E-state index in [2.05, 4.69) is 10.6 Å². The molecule has 33 heavy (non-hydrogen) atoms. The number of nitrogens with zero attached hydrogens (tertiary/aromatic N) is 1. The van der Waals surface area contributed by atoms with Crippen LogP contribution in [0.2, 0.25) is 0 Å². The van der Waals surface area contributed by atoms with Gasteiger partial charge in [-0.1, -0.05) is 25.0 Å². The molecule has 0 bridgehead atoms. The van der Waals surface area contributed by atoms with Gasteiger partial charge in [0.25, 0.3) is 0 Å². The Bertz CT molecular complexity index is 821. The summed E-state index contributed by atoms with van der Waals surface area (Å²) in [4.78, 5) is 52.0. The normalized spacial score (nSPS) is 34.1. The molecule has 184 valence electrons. The predicted molar refractivity (Wildman–Crippen MR) is 118 cm³/mol. The molecule has 4 N–H and O–H groups in total. The molecule has 10 nitrogen and oxygen atoms in total. The summed E-state index contributed by atoms with van der Waals surface area (Å²) in [6, 6.07) is -1.93. The molecular formula is C23H35N3O7. The second kappa shape index (κ2) is 9.70. The third-order valence-electron chi connectivity index (χ3n) is 6.33. The van der Waals surface area contributed by atoms with Crippen molar-refractivity contribution in [2.45, 2.75) is 95.0 Å². The van der Waals surface area contributed by atoms with Gasteiger partial charge in [-0.15, -0.1) is 0 Å². The molecule has 1 saturated carbocycles. The number of allylic oxidation sites excluding steroid dienone is 1. The maximum atomic E-state index is 13.4. The van der Waals surface area contributed by atoms with Crippen molar-refractivity contribution in [2.75, 3.05) is 6.54 Å². The molecule has 0 aromatic carbocycles. The number of carboxylic acid groups (broad SMARTS) is 1. The molecular weight excluding hydrogens is 430 g/mol. The van der Waals surface area contributed by atoms with Crippen LogP contribution in [0.3, 0.4) is 0 Å². The van der Waals surface area contributed by atoms with Gasteiger partial charge in [0.05, 0.1) is 6.10 Å². The SMILES string of the molecule is CC(C)(C)OC(=O)N[C@H]1CCCCC/C=C\[C@@H]2C[C@@]2(C(=O)O)NC(=O)[C@@H]2C[C@@H](O)CN2C1=O. The molecule has 5 atom stereocenters. The Hall–Kier alpha value is -2.62. The zero-order valence-corrected chi connectivity index (χ0v) is 19.5. The molecule has 10 heteroatoms. The average Bonchev–Trinajstić information content (AvgIpc) is 3.25. The number of carboxylic acids is 1. The summed E-state index contributed by atoms with van der Waals surface area (Å²) < 4.78 is 5.30. The monoisotopic (exact) mass is 465 g/mol. The van der Waals surface area contributed by atoms with Crippen LogP contribution in [0, 0.1) is 5.92 Å². The molecule has 3 aliphatic rings. The number of hydrogen-bond acceptors (Lipinski definition) is 6. The number of fused-ring (bicyclic) bond motifs is 2. The summed E-state index contributed by atoms with van der Waals surface area (Å²) >= 11 is 0. The number of carbonyl (C=O) groups is 4. The van der Waals surface area contributed by atoms with E-state index in [9.17, 15) is 29.4 Å². The zero-order chi connectivity index (χ0) is 24.4. The second-order valence-electron chi connectivity index (χ2n) is 10.2. The minimum Gasteiger partial charge on any atom is -0.479 e. The molecule has 1 aliphatic carbocycles. The molecule has 0 spiro atoms. The first-order valence-electron chi connectivity index (χ1n) is 11.6. The highest BCUT2D eigenvalue weighted by Gasteiger charge is 2.61. The van der Waals surface area contributed by atoms with Gasteiger partial charge in [-0.3, -0.25) is 9.59 Å². The Balaban J connectivity index is 1.83. The van der Waals surface area contributed by atoms with Crippen LogP contribution < -0.4 is 10.6 Å². The Morgan fingerprint density at radius 3 is 2.64 bits per heavy atom. The number of nitrogens with one attached hydrogen (secondary N) is 2. The van der Waals surface area contributed by atoms with E-state index in [0.29, 0.717) is 12.8 Å². The van der Waals surface area contributed by atoms with Crippen LogP contribution in [0.1, 0.15) is 65.7 Å². The molecule has 0 unspecified atom stereocenters. The molecule has 2 fully saturated rings. The fourth-order valence-corrected chi connectivity index (χ4v) is 4.53. The van der Waals surface area contributed by atoms with E-state index >= 15 is 0 Å². The van der Waals surface area contributed by atoms with Crippen molar-refractivity contribution in [3.05, 3.63) is 12.2 Å². The van der Waals surface area contributed by atoms with E-state index < -0.39 is 53.2 Å². The Morgan fingerprint density at radius 1 is 1.24 bits per heavy atom. The van der Waals surface area contributed by atoms with Gasteiger partial charge in [0.1, 0.15) is 23.2 Å². The quantitative estimate of drug-likeness (QED) is 0.450. The van der Waals surface area contributed by atoms with Gasteiger partial charge in [-0.2, -0.15) is 0 Å². The van der Waals surface area contributed by atoms with Crippen molar-refractivity contribution < 1.29 is 34.1 Å². The van der Waals surface area contributed by atoms with Crippen LogP contribution in [0.5, 0.6) is 0 Å². The van der Waals surface area contributed by atoms with Crippen molar-refractivity contribution in [2.24, 2.45) is 5.92 Å². The standard InChI is InChI=1S/C23H35N3O7/c1-22(2,3)33-21(32)24-16-10-8-6-4-5-7-9-14-12-23(14,20(30)31)25-18(28)17-11-15(27)13-26(17)19(16)29/h7,9,14-17,27H,4-6,8,10-13H2,1-3H3,(H,24,32)(H,25,28)(H,30,31)/b9-7-/t14-,15-,16+,17+,23-/m1/s1. The lowest BCUT2D eigenvalue weighted by atomic mass is 10.0. The lowest BCUT2D eigenvalue weighted by Gasteiger charge is -2.30. The zero-order valence-electron chi connectivity index (χ0n) is 19.5. The van der Waals surface area contributed by atoms with Crippen molar-refractivity contribution in [1.82, 2.24) is 15.5 Å². The van der Waals surface area contributed by atoms with Crippen molar-refractivity contribution in [3.63, 3.8) is 0 Å². The van der Waals surface area contributed by atoms with Gasteiger partial charge in [0, 0.05) is 18.9 Å². The molecule has 3 rings (SSSR count). The van der Waals surface area contributed by atoms with E-state index in [4.69, 9.17) is 4.74 Å². The smallest absolute Gasteiger partial charge is 0.408 e. The third kappa shape index (κ3) is 6.04. The number of hydrogen-bond donors (Lipinski definition) is 4. The van der Waals surface area contributed by atoms with E-state index in [0.717, 1.165) is 19.3 Å². The van der Waals surface area contributed by atoms with E-state index in [-0.39, 0.29) is 25.3 Å². The summed E-state index contributed by atoms with van der Waals surface area (Å²) in [6.45, 7) is 5.10. The minimum atomic E-state index is -1.38. The minimum absolute atomic E-state index is 0.00688. The van der Waals surface area contributed by atoms with Crippen LogP contribution in [0.25, 0.3) is 0 Å². The first-order chi connectivity index (χ1) is 15.4. The first kappa shape index (κ1) is 25.0. The predicted octanol–water partition coefficient (Wildman–Crippen LogP) is 1.32. The van der Waals surface area contributed by atoms with Gasteiger partial charge in [0.15, 0.2) is 0 Å². The number of carbonyl (C=O) groups excluding carboxylic acids is 3. The van der Waals surface area contributed by atoms with Crippen molar-refractivity contribution in [1.29, 1.82) is 0 Å². The van der Waals surface area contributed by atoms with E-state index in [1.165, 1.54) is 4.90 Å². The largest absolute Gasteiger partial charge is 0.479 e. The highest BCUT2D eigenvalue weighted by molar-refractivity contribution is 5.96. The number of rotatable bonds is 2. The Labute approximate surface area is 193 Å². The maximum Gasteiger partial charge on any atom is 0.408 e. The Kier molecular flexibility index (Phi) is 7.36. The lowest BCUT2D eigenvalue weighted by molar-refractivity contribution is -0.145. The average molecular weight is 466 g/mol. The van der Waals surface area contributed by atoms with Crippen LogP contribution in [0.4, 0.5) is 4.79 Å². The summed E-state index contributed by atoms with van der Waals surface area (Å²) in [7, 11) is 0. The molecule has 0 radical (unpaired) electrons. The number of aliphatic hydroxyl groups excluding tert-OH is 1. The number of alkyl carbamates (subject to hydrolysis) is 1. The van der Waals surface area contributed by atoms with Crippen LogP contribution >= 0.6 is 0 Å². The highest BCUT2D eigenvalue weighted by Crippen LogP contribution is 2.45. The summed E-state index contributed by atoms with van der Waals surface area (Å²) in [5, 5.41) is 25.2. The van der Waals surface area contributed by atoms with Gasteiger partial charge in [-0.05, 0) is 46.5 Å². The summed E-state index contributed by atoms with van der Waals surface area (Å²) in [5.74, 6) is -2.51. The number of amides is 3. The molecule has 2 aliphatic heterocycles. The Morgan fingerprint density at radius 2 is 1.97 bits per heavy atom. The molecule has 2 heterocycles. The number of aliphatic hydroxyl groups is 1. The van der Waals surface area contributed by atoms with Gasteiger partial charge in [-0.25, -0.2) is 9.59 Å². The van der Waals surface area contributed by atoms with E-state index in [1.54, 1.807) is 20.8 Å². The van der Waals surface area contributed by atoms with Crippen molar-refractivity contribution >= 4 is 23.9 Å². The fraction of sp³-hybridized carbons (Fsp3) is 0.739. The van der Waals surface area contributed by atoms with E-state index in [1.807, 2.05) is 12.2 Å². The fourth-order valence-electron chi connectivity index (χ4n) is 4.53. The van der Waals surface area contributed by atoms with Crippen molar-refractivity contribution in [3.8, 4) is 0 Å². The molecule has 3 amide bonds. The number of aliphatic carboxylic acids is 1. The molecule has 0 aromatic heterocycles. The van der Waals surface area contributed by atoms with Gasteiger partial charge in [0.2, 0.25) is 11.8 Å². The van der Waals surface area contributed by atoms with Crippen LogP contribution in [-0.2, 0) is 19.1 Å². The van der Waals surface area contributed by atoms with Gasteiger partial charge >= 0.3 is 12.1 Å². The summed E-state index contributed by atoms with van der Waals surface area (Å²) in [6.07, 6.45) is 5.91. The topological polar surface area (TPSA) is 145 Å². The summed E-state index contributed by atoms with van der Waals surface area (Å²) in [5.41, 5.74) is -2.12. The third-order valence-corrected chi connectivity index (χ3v) is 6.33. The molecule has 1 saturated heterocycles. The van der Waals surface area contributed by atoms with Crippen LogP contribution in [0.15, 0.2) is 12.2 Å².